The number of benzene rings is 2. The molecule has 182 valence electrons. The van der Waals surface area contributed by atoms with E-state index < -0.39 is 0 Å². The van der Waals surface area contributed by atoms with Crippen molar-refractivity contribution in [3.05, 3.63) is 93.4 Å². The number of ether oxygens (including phenoxy) is 1. The van der Waals surface area contributed by atoms with E-state index in [2.05, 4.69) is 124 Å². The molecule has 2 aromatic rings. The molecule has 0 saturated heterocycles. The van der Waals surface area contributed by atoms with Crippen LogP contribution < -0.4 is 0 Å². The van der Waals surface area contributed by atoms with Crippen molar-refractivity contribution in [3.8, 4) is 11.1 Å². The molecule has 0 amide bonds. The fourth-order valence-corrected chi connectivity index (χ4v) is 4.29. The van der Waals surface area contributed by atoms with E-state index in [1.807, 2.05) is 0 Å². The van der Waals surface area contributed by atoms with E-state index in [0.717, 1.165) is 22.5 Å². The van der Waals surface area contributed by atoms with Crippen LogP contribution >= 0.6 is 0 Å². The van der Waals surface area contributed by atoms with Crippen molar-refractivity contribution in [2.45, 2.75) is 46.1 Å². The first kappa shape index (κ1) is 37.1. The van der Waals surface area contributed by atoms with Gasteiger partial charge < -0.3 is 0 Å². The summed E-state index contributed by atoms with van der Waals surface area (Å²) in [5.41, 5.74) is 3.63. The Morgan fingerprint density at radius 2 is 1.23 bits per heavy atom. The van der Waals surface area contributed by atoms with Gasteiger partial charge in [-0.3, -0.25) is 0 Å². The average molecular weight is 513 g/mol. The van der Waals surface area contributed by atoms with Crippen molar-refractivity contribution in [3.63, 3.8) is 0 Å². The molecule has 3 rings (SSSR count). The van der Waals surface area contributed by atoms with Gasteiger partial charge in [0.25, 0.3) is 0 Å². The molecule has 7 heteroatoms. The fraction of sp³-hybridized carbons (Fsp3) is 0.357. The first-order valence-electron chi connectivity index (χ1n) is 10.4. The van der Waals surface area contributed by atoms with Crippen molar-refractivity contribution in [2.24, 2.45) is 17.8 Å². The molecule has 0 aromatic heterocycles. The van der Waals surface area contributed by atoms with Gasteiger partial charge in [-0.1, -0.05) is 0 Å². The number of hydrogen-bond acceptors (Lipinski definition) is 1. The summed E-state index contributed by atoms with van der Waals surface area (Å²) in [6.45, 7) is 29.5. The Balaban J connectivity index is -0.000000912. The molecule has 0 heterocycles. The normalized spacial score (nSPS) is 17.1. The standard InChI is InChI=1S/C23H28O.5CO.Cr/c1-17(2)22-14-9-18(3)15-23(22)24-16-19-10-12-21(13-11-19)20-7-5-4-6-8-20;5*1-2;/h4-8,10-13,17-18,22-23H,9,14-15H2,1-3H3;;;;;;/t18-,22+,23-;;;;;;/m1....../s1. The summed E-state index contributed by atoms with van der Waals surface area (Å²) >= 11 is 3.17. The van der Waals surface area contributed by atoms with Gasteiger partial charge in [-0.25, -0.2) is 0 Å². The zero-order valence-electron chi connectivity index (χ0n) is 20.0. The maximum absolute atomic E-state index is 7.50. The Bertz CT molecular complexity index is 876. The third-order valence-corrected chi connectivity index (χ3v) is 5.97. The van der Waals surface area contributed by atoms with Gasteiger partial charge in [-0.05, 0) is 0 Å². The molecule has 1 aliphatic carbocycles. The van der Waals surface area contributed by atoms with Gasteiger partial charge in [-0.15, -0.1) is 0 Å². The van der Waals surface area contributed by atoms with Crippen LogP contribution in [0.3, 0.4) is 0 Å². The second-order valence-corrected chi connectivity index (χ2v) is 8.29. The minimum atomic E-state index is 0.328. The summed E-state index contributed by atoms with van der Waals surface area (Å²) in [6.07, 6.45) is 4.10. The van der Waals surface area contributed by atoms with Crippen molar-refractivity contribution >= 4 is 4.57 Å². The SMILES string of the molecule is CC(C)[C@@H]1CC[C@@H](C)C[C@H]1O[C](=[Cr])c1ccc(-c2ccccc2)cc1.[C-]#[O+].[C-]#[O+].[C-]#[O+].[C-]#[O+].[C-]#[O+]. The van der Waals surface area contributed by atoms with Gasteiger partial charge in [0.05, 0.1) is 0 Å². The molecule has 3 atom stereocenters. The molecule has 1 aliphatic rings. The van der Waals surface area contributed by atoms with Gasteiger partial charge in [-0.2, -0.15) is 0 Å². The molecule has 0 radical (unpaired) electrons. The summed E-state index contributed by atoms with van der Waals surface area (Å²) in [5.74, 6) is 2.09. The van der Waals surface area contributed by atoms with E-state index in [4.69, 9.17) is 28.0 Å². The molecule has 0 spiro atoms. The molecular weight excluding hydrogens is 484 g/mol. The quantitative estimate of drug-likeness (QED) is 0.373. The Morgan fingerprint density at radius 1 is 0.771 bits per heavy atom. The van der Waals surface area contributed by atoms with E-state index >= 15 is 0 Å². The first-order valence-corrected chi connectivity index (χ1v) is 11.1. The molecule has 6 nitrogen and oxygen atoms in total. The van der Waals surface area contributed by atoms with Crippen LogP contribution in [0.4, 0.5) is 0 Å². The minimum absolute atomic E-state index is 0.328. The van der Waals surface area contributed by atoms with Crippen molar-refractivity contribution in [2.75, 3.05) is 0 Å². The van der Waals surface area contributed by atoms with E-state index in [1.165, 1.54) is 24.0 Å². The Hall–Kier alpha value is -2.50. The first-order chi connectivity index (χ1) is 17.0. The Labute approximate surface area is 216 Å². The van der Waals surface area contributed by atoms with E-state index in [1.54, 1.807) is 0 Å². The summed E-state index contributed by atoms with van der Waals surface area (Å²) in [4.78, 5) is 0. The molecule has 0 aliphatic heterocycles. The predicted octanol–water partition coefficient (Wildman–Crippen LogP) is 5.67. The summed E-state index contributed by atoms with van der Waals surface area (Å²) in [7, 11) is 0. The number of rotatable bonds is 5. The van der Waals surface area contributed by atoms with Crippen LogP contribution in [-0.4, -0.2) is 10.7 Å². The predicted molar refractivity (Wildman–Crippen MR) is 122 cm³/mol. The summed E-state index contributed by atoms with van der Waals surface area (Å²) < 4.78 is 44.9. The third-order valence-electron chi connectivity index (χ3n) is 5.45. The second kappa shape index (κ2) is 24.6. The van der Waals surface area contributed by atoms with Crippen molar-refractivity contribution < 1.29 is 43.8 Å². The van der Waals surface area contributed by atoms with Crippen molar-refractivity contribution in [1.82, 2.24) is 0 Å². The molecule has 0 N–H and O–H groups in total. The molecule has 0 unspecified atom stereocenters. The molecule has 1 saturated carbocycles. The van der Waals surface area contributed by atoms with Gasteiger partial charge in [0, 0.05) is 0 Å². The molecule has 2 aromatic carbocycles. The van der Waals surface area contributed by atoms with Crippen LogP contribution in [0.5, 0.6) is 0 Å². The third kappa shape index (κ3) is 13.8. The van der Waals surface area contributed by atoms with Crippen LogP contribution in [0.1, 0.15) is 45.6 Å². The van der Waals surface area contributed by atoms with Gasteiger partial charge >= 0.3 is 217 Å². The van der Waals surface area contributed by atoms with Crippen LogP contribution in [0.2, 0.25) is 0 Å². The Kier molecular flexibility index (Phi) is 26.1. The van der Waals surface area contributed by atoms with Gasteiger partial charge in [0.2, 0.25) is 0 Å². The van der Waals surface area contributed by atoms with Gasteiger partial charge in [0.1, 0.15) is 0 Å². The van der Waals surface area contributed by atoms with E-state index in [-0.39, 0.29) is 0 Å². The average Bonchev–Trinajstić information content (AvgIpc) is 2.95. The molecule has 0 bridgehead atoms. The maximum atomic E-state index is 7.50. The summed E-state index contributed by atoms with van der Waals surface area (Å²) in [5, 5.41) is 0. The molecule has 1 fully saturated rings. The van der Waals surface area contributed by atoms with Crippen molar-refractivity contribution in [1.29, 1.82) is 0 Å². The van der Waals surface area contributed by atoms with Crippen LogP contribution in [0, 0.1) is 51.0 Å². The monoisotopic (exact) mass is 512 g/mol. The number of hydrogen-bond donors (Lipinski definition) is 0. The zero-order chi connectivity index (χ0) is 27.8. The molecular formula is C28H28CrO6. The van der Waals surface area contributed by atoms with Crippen LogP contribution in [0.25, 0.3) is 11.1 Å². The van der Waals surface area contributed by atoms with Crippen LogP contribution in [0.15, 0.2) is 54.6 Å². The topological polar surface area (TPSA) is 109 Å². The van der Waals surface area contributed by atoms with E-state index in [0.29, 0.717) is 17.9 Å². The van der Waals surface area contributed by atoms with Crippen LogP contribution in [-0.2, 0) is 43.8 Å². The zero-order valence-corrected chi connectivity index (χ0v) is 21.3. The van der Waals surface area contributed by atoms with Gasteiger partial charge in [0.15, 0.2) is 0 Å². The second-order valence-electron chi connectivity index (χ2n) is 7.71. The summed E-state index contributed by atoms with van der Waals surface area (Å²) in [6, 6.07) is 19.2. The molecule has 35 heavy (non-hydrogen) atoms. The van der Waals surface area contributed by atoms with E-state index in [9.17, 15) is 0 Å². The fourth-order valence-electron chi connectivity index (χ4n) is 3.89. The Morgan fingerprint density at radius 3 is 1.69 bits per heavy atom.